The van der Waals surface area contributed by atoms with Crippen LogP contribution in [0.15, 0.2) is 41.8 Å². The number of hydrogen-bond acceptors (Lipinski definition) is 4. The molecule has 0 fully saturated rings. The Balaban J connectivity index is 1.84. The van der Waals surface area contributed by atoms with Gasteiger partial charge < -0.3 is 5.32 Å². The lowest BCUT2D eigenvalue weighted by Crippen LogP contribution is -2.15. The zero-order valence-electron chi connectivity index (χ0n) is 12.0. The van der Waals surface area contributed by atoms with Crippen molar-refractivity contribution in [3.8, 4) is 0 Å². The second kappa shape index (κ2) is 6.44. The number of H-pyrrole nitrogens is 1. The fourth-order valence-electron chi connectivity index (χ4n) is 2.19. The Bertz CT molecular complexity index is 931. The summed E-state index contributed by atoms with van der Waals surface area (Å²) in [7, 11) is 0. The summed E-state index contributed by atoms with van der Waals surface area (Å²) in [6, 6.07) is 5.33. The van der Waals surface area contributed by atoms with Crippen LogP contribution in [0.5, 0.6) is 0 Å². The van der Waals surface area contributed by atoms with Crippen LogP contribution in [0.3, 0.4) is 0 Å². The molecule has 0 radical (unpaired) electrons. The quantitative estimate of drug-likeness (QED) is 0.693. The molecular formula is C15H13Cl2N5O. The molecule has 2 aromatic heterocycles. The predicted molar refractivity (Wildman–Crippen MR) is 92.1 cm³/mol. The van der Waals surface area contributed by atoms with Gasteiger partial charge in [-0.1, -0.05) is 35.3 Å². The third-order valence-corrected chi connectivity index (χ3v) is 3.98. The van der Waals surface area contributed by atoms with Crippen molar-refractivity contribution >= 4 is 40.2 Å². The summed E-state index contributed by atoms with van der Waals surface area (Å²) in [4.78, 5) is 19.2. The summed E-state index contributed by atoms with van der Waals surface area (Å²) in [5.41, 5.74) is 1.60. The van der Waals surface area contributed by atoms with Gasteiger partial charge in [0.2, 0.25) is 5.95 Å². The Labute approximate surface area is 141 Å². The zero-order chi connectivity index (χ0) is 16.4. The van der Waals surface area contributed by atoms with E-state index in [1.54, 1.807) is 29.1 Å². The minimum Gasteiger partial charge on any atom is -0.352 e. The van der Waals surface area contributed by atoms with Gasteiger partial charge in [-0.3, -0.25) is 14.5 Å². The van der Waals surface area contributed by atoms with Crippen molar-refractivity contribution in [1.82, 2.24) is 19.7 Å². The van der Waals surface area contributed by atoms with E-state index in [4.69, 9.17) is 23.2 Å². The first-order valence-electron chi connectivity index (χ1n) is 6.83. The lowest BCUT2D eigenvalue weighted by molar-refractivity contribution is 0.725. The number of rotatable bonds is 5. The Hall–Kier alpha value is -2.31. The molecule has 0 saturated heterocycles. The van der Waals surface area contributed by atoms with Crippen molar-refractivity contribution in [1.29, 1.82) is 0 Å². The molecule has 3 rings (SSSR count). The Morgan fingerprint density at radius 3 is 2.91 bits per heavy atom. The lowest BCUT2D eigenvalue weighted by atomic mass is 10.2. The van der Waals surface area contributed by atoms with E-state index in [9.17, 15) is 4.79 Å². The van der Waals surface area contributed by atoms with Crippen molar-refractivity contribution in [3.05, 3.63) is 63.0 Å². The SMILES string of the molecule is C=CCn1ncc2nc(NCc3ccc(Cl)c(Cl)c3)[nH]c(=O)c21. The smallest absolute Gasteiger partial charge is 0.278 e. The first-order valence-corrected chi connectivity index (χ1v) is 7.58. The average Bonchev–Trinajstić information content (AvgIpc) is 2.92. The van der Waals surface area contributed by atoms with Gasteiger partial charge in [0.1, 0.15) is 5.52 Å². The van der Waals surface area contributed by atoms with Crippen LogP contribution in [-0.4, -0.2) is 19.7 Å². The monoisotopic (exact) mass is 349 g/mol. The van der Waals surface area contributed by atoms with E-state index in [-0.39, 0.29) is 5.56 Å². The number of allylic oxidation sites excluding steroid dienone is 1. The summed E-state index contributed by atoms with van der Waals surface area (Å²) < 4.78 is 1.55. The molecule has 0 unspecified atom stereocenters. The van der Waals surface area contributed by atoms with E-state index in [2.05, 4.69) is 27.0 Å². The summed E-state index contributed by atoms with van der Waals surface area (Å²) in [5.74, 6) is 0.367. The standard InChI is InChI=1S/C15H13Cl2N5O/c1-2-5-22-13-12(8-19-22)20-15(21-14(13)23)18-7-9-3-4-10(16)11(17)6-9/h2-4,6,8H,1,5,7H2,(H2,18,20,21,23). The molecule has 8 heteroatoms. The molecule has 23 heavy (non-hydrogen) atoms. The van der Waals surface area contributed by atoms with Gasteiger partial charge in [-0.05, 0) is 17.7 Å². The van der Waals surface area contributed by atoms with Gasteiger partial charge in [-0.15, -0.1) is 6.58 Å². The van der Waals surface area contributed by atoms with Gasteiger partial charge in [0.15, 0.2) is 5.52 Å². The van der Waals surface area contributed by atoms with E-state index >= 15 is 0 Å². The van der Waals surface area contributed by atoms with Crippen LogP contribution in [0.4, 0.5) is 5.95 Å². The van der Waals surface area contributed by atoms with Crippen LogP contribution in [0.2, 0.25) is 10.0 Å². The molecule has 0 bridgehead atoms. The Morgan fingerprint density at radius 1 is 1.35 bits per heavy atom. The molecular weight excluding hydrogens is 337 g/mol. The number of halogens is 2. The van der Waals surface area contributed by atoms with Gasteiger partial charge in [-0.2, -0.15) is 5.10 Å². The molecule has 6 nitrogen and oxygen atoms in total. The van der Waals surface area contributed by atoms with Crippen molar-refractivity contribution in [3.63, 3.8) is 0 Å². The van der Waals surface area contributed by atoms with Crippen molar-refractivity contribution < 1.29 is 0 Å². The Kier molecular flexibility index (Phi) is 4.36. The highest BCUT2D eigenvalue weighted by Crippen LogP contribution is 2.22. The molecule has 0 aliphatic heterocycles. The van der Waals surface area contributed by atoms with Crippen LogP contribution in [-0.2, 0) is 13.1 Å². The average molecular weight is 350 g/mol. The molecule has 118 valence electrons. The van der Waals surface area contributed by atoms with Crippen LogP contribution in [0, 0.1) is 0 Å². The van der Waals surface area contributed by atoms with Crippen LogP contribution >= 0.6 is 23.2 Å². The molecule has 0 aliphatic rings. The zero-order valence-corrected chi connectivity index (χ0v) is 13.5. The number of hydrogen-bond donors (Lipinski definition) is 2. The predicted octanol–water partition coefficient (Wildman–Crippen LogP) is 3.22. The lowest BCUT2D eigenvalue weighted by Gasteiger charge is -2.07. The number of aromatic amines is 1. The summed E-state index contributed by atoms with van der Waals surface area (Å²) in [6.07, 6.45) is 3.22. The number of benzene rings is 1. The van der Waals surface area contributed by atoms with Crippen LogP contribution < -0.4 is 10.9 Å². The maximum absolute atomic E-state index is 12.2. The van der Waals surface area contributed by atoms with Gasteiger partial charge in [-0.25, -0.2) is 4.98 Å². The Morgan fingerprint density at radius 2 is 2.17 bits per heavy atom. The van der Waals surface area contributed by atoms with Crippen LogP contribution in [0.1, 0.15) is 5.56 Å². The van der Waals surface area contributed by atoms with E-state index in [1.165, 1.54) is 0 Å². The number of fused-ring (bicyclic) bond motifs is 1. The van der Waals surface area contributed by atoms with Gasteiger partial charge >= 0.3 is 0 Å². The molecule has 2 heterocycles. The number of anilines is 1. The number of aromatic nitrogens is 4. The maximum atomic E-state index is 12.2. The van der Waals surface area contributed by atoms with Gasteiger partial charge in [0.05, 0.1) is 22.8 Å². The number of nitrogens with one attached hydrogen (secondary N) is 2. The second-order valence-corrected chi connectivity index (χ2v) is 5.68. The molecule has 2 N–H and O–H groups in total. The minimum atomic E-state index is -0.258. The highest BCUT2D eigenvalue weighted by Gasteiger charge is 2.09. The molecule has 0 saturated carbocycles. The summed E-state index contributed by atoms with van der Waals surface area (Å²) in [5, 5.41) is 8.16. The van der Waals surface area contributed by atoms with Gasteiger partial charge in [0, 0.05) is 6.54 Å². The van der Waals surface area contributed by atoms with Crippen molar-refractivity contribution in [2.24, 2.45) is 0 Å². The molecule has 0 aliphatic carbocycles. The highest BCUT2D eigenvalue weighted by atomic mass is 35.5. The molecule has 0 spiro atoms. The largest absolute Gasteiger partial charge is 0.352 e. The summed E-state index contributed by atoms with van der Waals surface area (Å²) >= 11 is 11.9. The first-order chi connectivity index (χ1) is 11.1. The van der Waals surface area contributed by atoms with Crippen LogP contribution in [0.25, 0.3) is 11.0 Å². The van der Waals surface area contributed by atoms with Crippen molar-refractivity contribution in [2.45, 2.75) is 13.1 Å². The van der Waals surface area contributed by atoms with Crippen molar-refractivity contribution in [2.75, 3.05) is 5.32 Å². The molecule has 0 atom stereocenters. The fourth-order valence-corrected chi connectivity index (χ4v) is 2.51. The fraction of sp³-hybridized carbons (Fsp3) is 0.133. The molecule has 1 aromatic carbocycles. The third-order valence-electron chi connectivity index (χ3n) is 3.25. The molecule has 3 aromatic rings. The van der Waals surface area contributed by atoms with E-state index in [0.29, 0.717) is 40.1 Å². The van der Waals surface area contributed by atoms with E-state index in [1.807, 2.05) is 6.07 Å². The first kappa shape index (κ1) is 15.6. The van der Waals surface area contributed by atoms with Gasteiger partial charge in [0.25, 0.3) is 5.56 Å². The third kappa shape index (κ3) is 3.23. The number of nitrogens with zero attached hydrogens (tertiary/aromatic N) is 3. The highest BCUT2D eigenvalue weighted by molar-refractivity contribution is 6.42. The molecule has 0 amide bonds. The normalized spacial score (nSPS) is 10.9. The van der Waals surface area contributed by atoms with E-state index < -0.39 is 0 Å². The maximum Gasteiger partial charge on any atom is 0.278 e. The minimum absolute atomic E-state index is 0.258. The second-order valence-electron chi connectivity index (χ2n) is 4.87. The van der Waals surface area contributed by atoms with E-state index in [0.717, 1.165) is 5.56 Å². The topological polar surface area (TPSA) is 75.6 Å². The summed E-state index contributed by atoms with van der Waals surface area (Å²) in [6.45, 7) is 4.54.